The van der Waals surface area contributed by atoms with Gasteiger partial charge in [0, 0.05) is 65.2 Å². The van der Waals surface area contributed by atoms with E-state index in [0.29, 0.717) is 11.1 Å². The SMILES string of the molecule is CC1(C)C2=CC(=[N+]3CCCC3)C=CC2=C(c2c(F)c(N=[N+]=[N-])c(F)c(F)c2C(=O)O)c2ccc(N3CCCC3)cc21. The molecule has 0 unspecified atom stereocenters. The molecule has 0 spiro atoms. The van der Waals surface area contributed by atoms with E-state index in [2.05, 4.69) is 33.3 Å². The predicted molar refractivity (Wildman–Crippen MR) is 150 cm³/mol. The van der Waals surface area contributed by atoms with Crippen LogP contribution in [0.2, 0.25) is 0 Å². The molecule has 2 fully saturated rings. The van der Waals surface area contributed by atoms with Gasteiger partial charge in [0.2, 0.25) is 0 Å². The molecule has 6 rings (SSSR count). The number of azide groups is 1. The summed E-state index contributed by atoms with van der Waals surface area (Å²) in [5.41, 5.74) is 10.1. The Bertz CT molecular complexity index is 1680. The first-order chi connectivity index (χ1) is 19.6. The third-order valence-electron chi connectivity index (χ3n) is 8.74. The second kappa shape index (κ2) is 9.96. The summed E-state index contributed by atoms with van der Waals surface area (Å²) in [5.74, 6) is -6.87. The Balaban J connectivity index is 1.72. The maximum absolute atomic E-state index is 16.2. The predicted octanol–water partition coefficient (Wildman–Crippen LogP) is 7.18. The van der Waals surface area contributed by atoms with Crippen LogP contribution in [-0.2, 0) is 5.41 Å². The van der Waals surface area contributed by atoms with Crippen LogP contribution in [0.4, 0.5) is 24.5 Å². The van der Waals surface area contributed by atoms with E-state index in [1.165, 1.54) is 0 Å². The molecule has 0 atom stereocenters. The number of fused-ring (bicyclic) bond motifs is 2. The lowest BCUT2D eigenvalue weighted by Gasteiger charge is -2.40. The summed E-state index contributed by atoms with van der Waals surface area (Å²) < 4.78 is 48.6. The fourth-order valence-electron chi connectivity index (χ4n) is 6.65. The molecule has 0 radical (unpaired) electrons. The van der Waals surface area contributed by atoms with Gasteiger partial charge in [-0.1, -0.05) is 25.0 Å². The van der Waals surface area contributed by atoms with Crippen molar-refractivity contribution in [1.82, 2.24) is 0 Å². The highest BCUT2D eigenvalue weighted by Crippen LogP contribution is 2.52. The van der Waals surface area contributed by atoms with Crippen molar-refractivity contribution in [3.63, 3.8) is 0 Å². The summed E-state index contributed by atoms with van der Waals surface area (Å²) in [4.78, 5) is 17.1. The molecule has 0 amide bonds. The van der Waals surface area contributed by atoms with Crippen molar-refractivity contribution < 1.29 is 27.6 Å². The van der Waals surface area contributed by atoms with Gasteiger partial charge in [-0.25, -0.2) is 22.5 Å². The molecule has 2 aliphatic heterocycles. The number of rotatable bonds is 4. The Morgan fingerprint density at radius 3 is 2.41 bits per heavy atom. The molecule has 2 aromatic carbocycles. The number of hydrogen-bond acceptors (Lipinski definition) is 3. The smallest absolute Gasteiger partial charge is 0.339 e. The highest BCUT2D eigenvalue weighted by atomic mass is 19.2. The minimum absolute atomic E-state index is 0.124. The van der Waals surface area contributed by atoms with Crippen molar-refractivity contribution in [3.05, 3.63) is 97.7 Å². The van der Waals surface area contributed by atoms with Crippen molar-refractivity contribution >= 4 is 28.6 Å². The largest absolute Gasteiger partial charge is 0.478 e. The minimum Gasteiger partial charge on any atom is -0.478 e. The average molecular weight is 561 g/mol. The van der Waals surface area contributed by atoms with E-state index in [0.717, 1.165) is 74.4 Å². The van der Waals surface area contributed by atoms with Crippen molar-refractivity contribution in [2.24, 2.45) is 5.11 Å². The van der Waals surface area contributed by atoms with E-state index in [9.17, 15) is 14.3 Å². The Morgan fingerprint density at radius 2 is 1.76 bits per heavy atom. The van der Waals surface area contributed by atoms with Crippen LogP contribution in [0.1, 0.15) is 66.6 Å². The second-order valence-electron chi connectivity index (χ2n) is 11.4. The van der Waals surface area contributed by atoms with E-state index in [-0.39, 0.29) is 5.57 Å². The number of aromatic carboxylic acids is 1. The quantitative estimate of drug-likeness (QED) is 0.141. The van der Waals surface area contributed by atoms with Crippen molar-refractivity contribution in [2.45, 2.75) is 44.9 Å². The summed E-state index contributed by atoms with van der Waals surface area (Å²) in [5, 5.41) is 13.1. The molecule has 0 aromatic heterocycles. The third kappa shape index (κ3) is 4.16. The fourth-order valence-corrected chi connectivity index (χ4v) is 6.65. The molecular formula is C31H29F3N5O2+. The number of hydrogen-bond donors (Lipinski definition) is 1. The van der Waals surface area contributed by atoms with Crippen molar-refractivity contribution in [2.75, 3.05) is 31.1 Å². The number of carboxylic acids is 1. The fraction of sp³-hybridized carbons (Fsp3) is 0.355. The van der Waals surface area contributed by atoms with Gasteiger partial charge in [0.15, 0.2) is 17.3 Å². The molecular weight excluding hydrogens is 531 g/mol. The zero-order chi connectivity index (χ0) is 29.1. The standard InChI is InChI=1S/C31H28F3N5O2/c1-31(2)21-15-17(38-11-3-4-12-38)7-9-19(21)23(20-10-8-18(16-22(20)31)39-13-5-6-14-39)24-25(30(40)41)26(32)28(34)29(27(24)33)36-37-35/h7-10,15-16H,3-6,11-14H2,1-2H3/p+1. The lowest BCUT2D eigenvalue weighted by atomic mass is 9.64. The lowest BCUT2D eigenvalue weighted by molar-refractivity contribution is -0.504. The van der Waals surface area contributed by atoms with E-state index < -0.39 is 45.7 Å². The van der Waals surface area contributed by atoms with Crippen LogP contribution in [0.25, 0.3) is 16.0 Å². The van der Waals surface area contributed by atoms with E-state index in [1.54, 1.807) is 12.1 Å². The third-order valence-corrected chi connectivity index (χ3v) is 8.74. The summed E-state index contributed by atoms with van der Waals surface area (Å²) in [6.07, 6.45) is 10.0. The summed E-state index contributed by atoms with van der Waals surface area (Å²) in [7, 11) is 0. The first-order valence-corrected chi connectivity index (χ1v) is 13.8. The van der Waals surface area contributed by atoms with Gasteiger partial charge in [-0.3, -0.25) is 0 Å². The minimum atomic E-state index is -1.84. The van der Waals surface area contributed by atoms with Gasteiger partial charge in [-0.2, -0.15) is 0 Å². The van der Waals surface area contributed by atoms with Gasteiger partial charge in [0.05, 0.1) is 0 Å². The van der Waals surface area contributed by atoms with Gasteiger partial charge in [-0.15, -0.1) is 0 Å². The first kappa shape index (κ1) is 26.9. The molecule has 0 saturated carbocycles. The Kier molecular flexibility index (Phi) is 6.53. The molecule has 1 N–H and O–H groups in total. The normalized spacial score (nSPS) is 19.2. The Morgan fingerprint density at radius 1 is 1.05 bits per heavy atom. The van der Waals surface area contributed by atoms with E-state index in [1.807, 2.05) is 24.3 Å². The van der Waals surface area contributed by atoms with Gasteiger partial charge in [0.25, 0.3) is 0 Å². The first-order valence-electron chi connectivity index (χ1n) is 13.8. The summed E-state index contributed by atoms with van der Waals surface area (Å²) in [6, 6.07) is 5.74. The molecule has 41 heavy (non-hydrogen) atoms. The number of benzene rings is 2. The molecule has 210 valence electrons. The van der Waals surface area contributed by atoms with Gasteiger partial charge in [0.1, 0.15) is 30.2 Å². The zero-order valence-electron chi connectivity index (χ0n) is 22.8. The van der Waals surface area contributed by atoms with Crippen molar-refractivity contribution in [3.8, 4) is 0 Å². The second-order valence-corrected chi connectivity index (χ2v) is 11.4. The van der Waals surface area contributed by atoms with Gasteiger partial charge < -0.3 is 10.0 Å². The number of nitrogens with zero attached hydrogens (tertiary/aromatic N) is 5. The maximum Gasteiger partial charge on any atom is 0.339 e. The number of halogens is 3. The molecule has 0 bridgehead atoms. The van der Waals surface area contributed by atoms with Gasteiger partial charge in [-0.05, 0) is 58.9 Å². The topological polar surface area (TPSA) is 92.3 Å². The lowest BCUT2D eigenvalue weighted by Crippen LogP contribution is -2.32. The molecule has 7 nitrogen and oxygen atoms in total. The molecule has 10 heteroatoms. The number of anilines is 1. The van der Waals surface area contributed by atoms with Gasteiger partial charge >= 0.3 is 5.97 Å². The number of carbonyl (C=O) groups is 1. The highest BCUT2D eigenvalue weighted by Gasteiger charge is 2.42. The monoisotopic (exact) mass is 560 g/mol. The molecule has 2 saturated heterocycles. The maximum atomic E-state index is 16.2. The van der Waals surface area contributed by atoms with Crippen LogP contribution in [0, 0.1) is 17.5 Å². The average Bonchev–Trinajstić information content (AvgIpc) is 3.69. The molecule has 4 aliphatic rings. The van der Waals surface area contributed by atoms with Crippen LogP contribution in [0.3, 0.4) is 0 Å². The zero-order valence-corrected chi connectivity index (χ0v) is 22.8. The highest BCUT2D eigenvalue weighted by molar-refractivity contribution is 6.08. The Labute approximate surface area is 235 Å². The van der Waals surface area contributed by atoms with Crippen LogP contribution in [0.15, 0.2) is 52.7 Å². The number of carboxylic acid groups (broad SMARTS) is 1. The van der Waals surface area contributed by atoms with Crippen LogP contribution in [0.5, 0.6) is 0 Å². The Hall–Kier alpha value is -4.30. The number of allylic oxidation sites excluding steroid dienone is 5. The molecule has 2 heterocycles. The van der Waals surface area contributed by atoms with Crippen LogP contribution >= 0.6 is 0 Å². The van der Waals surface area contributed by atoms with Crippen molar-refractivity contribution in [1.29, 1.82) is 0 Å². The molecule has 2 aliphatic carbocycles. The van der Waals surface area contributed by atoms with E-state index in [4.69, 9.17) is 5.53 Å². The van der Waals surface area contributed by atoms with Crippen LogP contribution < -0.4 is 4.90 Å². The summed E-state index contributed by atoms with van der Waals surface area (Å²) in [6.45, 7) is 7.75. The summed E-state index contributed by atoms with van der Waals surface area (Å²) >= 11 is 0. The van der Waals surface area contributed by atoms with E-state index >= 15 is 8.78 Å². The van der Waals surface area contributed by atoms with Crippen LogP contribution in [-0.4, -0.2) is 47.5 Å². The molecule has 2 aromatic rings.